The van der Waals surface area contributed by atoms with Gasteiger partial charge in [0.05, 0.1) is 22.0 Å². The van der Waals surface area contributed by atoms with Gasteiger partial charge in [0.1, 0.15) is 5.82 Å². The lowest BCUT2D eigenvalue weighted by atomic mass is 10.0. The van der Waals surface area contributed by atoms with Gasteiger partial charge in [-0.1, -0.05) is 35.3 Å². The first-order valence-electron chi connectivity index (χ1n) is 10.5. The molecular formula is C25H22Cl2FN3O2. The molecule has 0 saturated carbocycles. The van der Waals surface area contributed by atoms with Gasteiger partial charge in [0.15, 0.2) is 0 Å². The van der Waals surface area contributed by atoms with Crippen LogP contribution in [0.25, 0.3) is 11.1 Å². The van der Waals surface area contributed by atoms with Crippen molar-refractivity contribution in [2.24, 2.45) is 5.73 Å². The Bertz CT molecular complexity index is 1220. The monoisotopic (exact) mass is 485 g/mol. The van der Waals surface area contributed by atoms with Crippen LogP contribution in [-0.4, -0.2) is 32.0 Å². The molecule has 33 heavy (non-hydrogen) atoms. The van der Waals surface area contributed by atoms with Crippen molar-refractivity contribution in [3.05, 3.63) is 81.6 Å². The van der Waals surface area contributed by atoms with E-state index in [-0.39, 0.29) is 10.6 Å². The predicted molar refractivity (Wildman–Crippen MR) is 131 cm³/mol. The van der Waals surface area contributed by atoms with Crippen molar-refractivity contribution < 1.29 is 14.0 Å². The van der Waals surface area contributed by atoms with Crippen molar-refractivity contribution in [3.63, 3.8) is 0 Å². The second-order valence-electron chi connectivity index (χ2n) is 7.92. The van der Waals surface area contributed by atoms with Crippen LogP contribution in [0.15, 0.2) is 54.6 Å². The van der Waals surface area contributed by atoms with E-state index >= 15 is 0 Å². The van der Waals surface area contributed by atoms with Crippen molar-refractivity contribution in [1.29, 1.82) is 0 Å². The molecule has 8 heteroatoms. The fourth-order valence-electron chi connectivity index (χ4n) is 4.06. The van der Waals surface area contributed by atoms with Gasteiger partial charge in [0.25, 0.3) is 5.91 Å². The second kappa shape index (κ2) is 9.41. The topological polar surface area (TPSA) is 66.6 Å². The normalized spacial score (nSPS) is 13.3. The SMILES string of the molecule is CN(C(=O)c1c(F)cccc1Cl)c1ccc(-c2cc(C(N)=O)ccc2Cl)cc1N1CCCC1. The molecule has 0 bridgehead atoms. The molecule has 170 valence electrons. The third-order valence-corrected chi connectivity index (χ3v) is 6.47. The van der Waals surface area contributed by atoms with Crippen LogP contribution in [0.2, 0.25) is 10.0 Å². The third kappa shape index (κ3) is 4.54. The molecule has 1 aliphatic rings. The van der Waals surface area contributed by atoms with Crippen molar-refractivity contribution in [2.75, 3.05) is 29.9 Å². The van der Waals surface area contributed by atoms with Crippen LogP contribution in [0.1, 0.15) is 33.6 Å². The summed E-state index contributed by atoms with van der Waals surface area (Å²) in [5.74, 6) is -1.76. The van der Waals surface area contributed by atoms with E-state index in [9.17, 15) is 14.0 Å². The molecule has 0 aromatic heterocycles. The summed E-state index contributed by atoms with van der Waals surface area (Å²) >= 11 is 12.6. The van der Waals surface area contributed by atoms with Gasteiger partial charge in [-0.2, -0.15) is 0 Å². The summed E-state index contributed by atoms with van der Waals surface area (Å²) in [5.41, 5.74) is 8.49. The number of nitrogens with zero attached hydrogens (tertiary/aromatic N) is 2. The molecule has 5 nitrogen and oxygen atoms in total. The molecule has 3 aromatic rings. The molecule has 4 rings (SSSR count). The number of hydrogen-bond acceptors (Lipinski definition) is 3. The van der Waals surface area contributed by atoms with Crippen LogP contribution in [-0.2, 0) is 0 Å². The van der Waals surface area contributed by atoms with Gasteiger partial charge in [-0.3, -0.25) is 9.59 Å². The van der Waals surface area contributed by atoms with E-state index in [0.717, 1.165) is 37.2 Å². The van der Waals surface area contributed by atoms with Crippen LogP contribution in [0.5, 0.6) is 0 Å². The molecule has 2 N–H and O–H groups in total. The van der Waals surface area contributed by atoms with Crippen LogP contribution in [0, 0.1) is 5.82 Å². The van der Waals surface area contributed by atoms with Gasteiger partial charge in [0.2, 0.25) is 5.91 Å². The van der Waals surface area contributed by atoms with Crippen LogP contribution >= 0.6 is 23.2 Å². The number of benzene rings is 3. The Morgan fingerprint density at radius 2 is 1.73 bits per heavy atom. The van der Waals surface area contributed by atoms with Gasteiger partial charge in [-0.25, -0.2) is 4.39 Å². The Morgan fingerprint density at radius 1 is 1.00 bits per heavy atom. The third-order valence-electron chi connectivity index (χ3n) is 5.83. The zero-order valence-corrected chi connectivity index (χ0v) is 19.5. The standard InChI is InChI=1S/C25H22Cl2FN3O2/c1-30(25(33)23-19(27)5-4-6-20(23)28)21-10-8-15(14-22(21)31-11-2-3-12-31)17-13-16(24(29)32)7-9-18(17)26/h4-10,13-14H,2-3,11-12H2,1H3,(H2,29,32). The quantitative estimate of drug-likeness (QED) is 0.498. The number of carbonyl (C=O) groups is 2. The molecule has 1 fully saturated rings. The highest BCUT2D eigenvalue weighted by molar-refractivity contribution is 6.35. The Hall–Kier alpha value is -3.09. The van der Waals surface area contributed by atoms with E-state index in [0.29, 0.717) is 21.8 Å². The molecule has 0 atom stereocenters. The number of carbonyl (C=O) groups excluding carboxylic acids is 2. The molecular weight excluding hydrogens is 464 g/mol. The summed E-state index contributed by atoms with van der Waals surface area (Å²) < 4.78 is 14.4. The van der Waals surface area contributed by atoms with Gasteiger partial charge in [-0.05, 0) is 60.9 Å². The molecule has 1 aliphatic heterocycles. The van der Waals surface area contributed by atoms with Crippen molar-refractivity contribution in [3.8, 4) is 11.1 Å². The summed E-state index contributed by atoms with van der Waals surface area (Å²) in [6, 6.07) is 14.6. The average Bonchev–Trinajstić information content (AvgIpc) is 3.33. The fourth-order valence-corrected chi connectivity index (χ4v) is 4.54. The molecule has 0 aliphatic carbocycles. The molecule has 1 saturated heterocycles. The zero-order chi connectivity index (χ0) is 23.7. The minimum atomic E-state index is -0.672. The van der Waals surface area contributed by atoms with E-state index in [1.165, 1.54) is 23.1 Å². The second-order valence-corrected chi connectivity index (χ2v) is 8.73. The molecule has 1 heterocycles. The number of amides is 2. The predicted octanol–water partition coefficient (Wildman–Crippen LogP) is 5.78. The van der Waals surface area contributed by atoms with Gasteiger partial charge in [-0.15, -0.1) is 0 Å². The van der Waals surface area contributed by atoms with Crippen molar-refractivity contribution >= 4 is 46.4 Å². The van der Waals surface area contributed by atoms with Crippen molar-refractivity contribution in [2.45, 2.75) is 12.8 Å². The number of hydrogen-bond donors (Lipinski definition) is 1. The highest BCUT2D eigenvalue weighted by Gasteiger charge is 2.25. The highest BCUT2D eigenvalue weighted by Crippen LogP contribution is 2.38. The molecule has 2 amide bonds. The van der Waals surface area contributed by atoms with E-state index in [1.54, 1.807) is 31.3 Å². The number of primary amides is 1. The molecule has 0 spiro atoms. The highest BCUT2D eigenvalue weighted by atomic mass is 35.5. The lowest BCUT2D eigenvalue weighted by Gasteiger charge is -2.27. The van der Waals surface area contributed by atoms with Crippen molar-refractivity contribution in [1.82, 2.24) is 0 Å². The van der Waals surface area contributed by atoms with Gasteiger partial charge >= 0.3 is 0 Å². The summed E-state index contributed by atoms with van der Waals surface area (Å²) in [6.45, 7) is 1.65. The van der Waals surface area contributed by atoms with E-state index in [4.69, 9.17) is 28.9 Å². The van der Waals surface area contributed by atoms with Crippen LogP contribution < -0.4 is 15.5 Å². The minimum Gasteiger partial charge on any atom is -0.370 e. The Labute approximate surface area is 201 Å². The smallest absolute Gasteiger partial charge is 0.262 e. The van der Waals surface area contributed by atoms with E-state index in [1.807, 2.05) is 12.1 Å². The number of halogens is 3. The van der Waals surface area contributed by atoms with Gasteiger partial charge < -0.3 is 15.5 Å². The summed E-state index contributed by atoms with van der Waals surface area (Å²) in [6.07, 6.45) is 2.05. The molecule has 0 unspecified atom stereocenters. The number of anilines is 2. The summed E-state index contributed by atoms with van der Waals surface area (Å²) in [4.78, 5) is 28.4. The lowest BCUT2D eigenvalue weighted by Crippen LogP contribution is -2.30. The molecule has 3 aromatic carbocycles. The Balaban J connectivity index is 1.81. The number of nitrogens with two attached hydrogens (primary N) is 1. The maximum atomic E-state index is 14.4. The first-order chi connectivity index (χ1) is 15.8. The minimum absolute atomic E-state index is 0.0567. The zero-order valence-electron chi connectivity index (χ0n) is 17.9. The summed E-state index contributed by atoms with van der Waals surface area (Å²) in [7, 11) is 1.60. The largest absolute Gasteiger partial charge is 0.370 e. The maximum absolute atomic E-state index is 14.4. The summed E-state index contributed by atoms with van der Waals surface area (Å²) in [5, 5.41) is 0.531. The van der Waals surface area contributed by atoms with E-state index in [2.05, 4.69) is 4.90 Å². The van der Waals surface area contributed by atoms with Crippen LogP contribution in [0.3, 0.4) is 0 Å². The molecule has 0 radical (unpaired) electrons. The number of rotatable bonds is 5. The first kappa shape index (κ1) is 23.1. The van der Waals surface area contributed by atoms with Crippen LogP contribution in [0.4, 0.5) is 15.8 Å². The Kier molecular flexibility index (Phi) is 6.58. The van der Waals surface area contributed by atoms with Gasteiger partial charge in [0, 0.05) is 36.3 Å². The Morgan fingerprint density at radius 3 is 2.39 bits per heavy atom. The first-order valence-corrected chi connectivity index (χ1v) is 11.2. The lowest BCUT2D eigenvalue weighted by molar-refractivity contribution is 0.0985. The fraction of sp³-hybridized carbons (Fsp3) is 0.200. The average molecular weight is 486 g/mol. The van der Waals surface area contributed by atoms with E-state index < -0.39 is 17.6 Å². The maximum Gasteiger partial charge on any atom is 0.262 e.